The van der Waals surface area contributed by atoms with Crippen LogP contribution in [0.4, 0.5) is 5.88 Å². The number of halogens is 1. The number of nitrogens with two attached hydrogens (primary N) is 1. The molecule has 3 aromatic rings. The smallest absolute Gasteiger partial charge is 0.230 e. The molecule has 106 valence electrons. The summed E-state index contributed by atoms with van der Waals surface area (Å²) in [6, 6.07) is 15.5. The minimum Gasteiger partial charge on any atom is -0.496 e. The fourth-order valence-electron chi connectivity index (χ4n) is 2.22. The summed E-state index contributed by atoms with van der Waals surface area (Å²) < 4.78 is 11.6. The number of anilines is 1. The first kappa shape index (κ1) is 13.7. The van der Waals surface area contributed by atoms with E-state index in [9.17, 15) is 0 Å². The maximum atomic E-state index is 5.97. The van der Waals surface area contributed by atoms with Gasteiger partial charge in [0.15, 0.2) is 0 Å². The van der Waals surface area contributed by atoms with Crippen LogP contribution >= 0.6 is 15.9 Å². The standard InChI is InChI=1S/C16H13BrN2O2/c1-20-13-5-3-2-4-12(13)14-15(19-21-16(14)18)10-6-8-11(17)9-7-10/h2-9H,18H2,1H3. The van der Waals surface area contributed by atoms with E-state index in [1.807, 2.05) is 48.5 Å². The van der Waals surface area contributed by atoms with E-state index in [2.05, 4.69) is 21.1 Å². The summed E-state index contributed by atoms with van der Waals surface area (Å²) in [7, 11) is 1.63. The van der Waals surface area contributed by atoms with Gasteiger partial charge in [0.2, 0.25) is 5.88 Å². The number of benzene rings is 2. The lowest BCUT2D eigenvalue weighted by Crippen LogP contribution is -1.91. The molecule has 2 aromatic carbocycles. The van der Waals surface area contributed by atoms with Gasteiger partial charge in [-0.15, -0.1) is 0 Å². The van der Waals surface area contributed by atoms with E-state index in [1.165, 1.54) is 0 Å². The predicted octanol–water partition coefficient (Wildman–Crippen LogP) is 4.36. The van der Waals surface area contributed by atoms with Gasteiger partial charge in [0.1, 0.15) is 11.4 Å². The molecule has 1 aromatic heterocycles. The molecule has 0 amide bonds. The zero-order valence-corrected chi connectivity index (χ0v) is 12.9. The molecule has 0 aliphatic carbocycles. The molecule has 21 heavy (non-hydrogen) atoms. The number of hydrogen-bond donors (Lipinski definition) is 1. The lowest BCUT2D eigenvalue weighted by molar-refractivity contribution is 0.416. The highest BCUT2D eigenvalue weighted by molar-refractivity contribution is 9.10. The molecular formula is C16H13BrN2O2. The average molecular weight is 345 g/mol. The average Bonchev–Trinajstić information content (AvgIpc) is 2.89. The quantitative estimate of drug-likeness (QED) is 0.766. The molecule has 3 rings (SSSR count). The Morgan fingerprint density at radius 1 is 1.10 bits per heavy atom. The molecular weight excluding hydrogens is 332 g/mol. The molecule has 0 fully saturated rings. The summed E-state index contributed by atoms with van der Waals surface area (Å²) in [5.74, 6) is 1.00. The zero-order valence-electron chi connectivity index (χ0n) is 11.3. The highest BCUT2D eigenvalue weighted by Gasteiger charge is 2.20. The van der Waals surface area contributed by atoms with Crippen LogP contribution in [0.5, 0.6) is 5.75 Å². The third kappa shape index (κ3) is 2.52. The SMILES string of the molecule is COc1ccccc1-c1c(-c2ccc(Br)cc2)noc1N. The van der Waals surface area contributed by atoms with Crippen LogP contribution in [0.3, 0.4) is 0 Å². The number of nitrogen functional groups attached to an aromatic ring is 1. The largest absolute Gasteiger partial charge is 0.496 e. The van der Waals surface area contributed by atoms with Crippen molar-refractivity contribution < 1.29 is 9.26 Å². The van der Waals surface area contributed by atoms with Gasteiger partial charge in [-0.25, -0.2) is 0 Å². The monoisotopic (exact) mass is 344 g/mol. The summed E-state index contributed by atoms with van der Waals surface area (Å²) in [4.78, 5) is 0. The van der Waals surface area contributed by atoms with Crippen molar-refractivity contribution in [2.24, 2.45) is 0 Å². The molecule has 5 heteroatoms. The van der Waals surface area contributed by atoms with E-state index in [-0.39, 0.29) is 5.88 Å². The molecule has 0 bridgehead atoms. The molecule has 0 aliphatic rings. The molecule has 0 saturated carbocycles. The third-order valence-corrected chi connectivity index (χ3v) is 3.74. The lowest BCUT2D eigenvalue weighted by atomic mass is 10.0. The van der Waals surface area contributed by atoms with E-state index in [0.717, 1.165) is 26.9 Å². The van der Waals surface area contributed by atoms with Crippen LogP contribution in [-0.4, -0.2) is 12.3 Å². The molecule has 0 saturated heterocycles. The number of para-hydroxylation sites is 1. The Hall–Kier alpha value is -2.27. The van der Waals surface area contributed by atoms with Crippen LogP contribution in [-0.2, 0) is 0 Å². The zero-order chi connectivity index (χ0) is 14.8. The fraction of sp³-hybridized carbons (Fsp3) is 0.0625. The first-order valence-corrected chi connectivity index (χ1v) is 7.14. The van der Waals surface area contributed by atoms with Crippen molar-refractivity contribution in [2.75, 3.05) is 12.8 Å². The van der Waals surface area contributed by atoms with Crippen molar-refractivity contribution in [2.45, 2.75) is 0 Å². The van der Waals surface area contributed by atoms with Gasteiger partial charge in [-0.05, 0) is 18.2 Å². The summed E-state index contributed by atoms with van der Waals surface area (Å²) >= 11 is 3.42. The summed E-state index contributed by atoms with van der Waals surface area (Å²) in [5, 5.41) is 4.10. The van der Waals surface area contributed by atoms with Crippen LogP contribution in [0.1, 0.15) is 0 Å². The molecule has 0 atom stereocenters. The summed E-state index contributed by atoms with van der Waals surface area (Å²) in [6.07, 6.45) is 0. The molecule has 0 radical (unpaired) electrons. The number of methoxy groups -OCH3 is 1. The van der Waals surface area contributed by atoms with Gasteiger partial charge in [0, 0.05) is 15.6 Å². The van der Waals surface area contributed by atoms with Gasteiger partial charge < -0.3 is 15.0 Å². The van der Waals surface area contributed by atoms with Crippen LogP contribution in [0.25, 0.3) is 22.4 Å². The molecule has 1 heterocycles. The summed E-state index contributed by atoms with van der Waals surface area (Å²) in [5.41, 5.74) is 9.20. The predicted molar refractivity (Wildman–Crippen MR) is 86.0 cm³/mol. The minimum atomic E-state index is 0.275. The number of aromatic nitrogens is 1. The second kappa shape index (κ2) is 5.61. The highest BCUT2D eigenvalue weighted by atomic mass is 79.9. The maximum Gasteiger partial charge on any atom is 0.230 e. The van der Waals surface area contributed by atoms with E-state index in [1.54, 1.807) is 7.11 Å². The maximum absolute atomic E-state index is 5.97. The van der Waals surface area contributed by atoms with E-state index in [0.29, 0.717) is 5.69 Å². The minimum absolute atomic E-state index is 0.275. The van der Waals surface area contributed by atoms with Crippen molar-refractivity contribution >= 4 is 21.8 Å². The Bertz CT molecular complexity index is 766. The first-order valence-electron chi connectivity index (χ1n) is 6.35. The normalized spacial score (nSPS) is 10.6. The van der Waals surface area contributed by atoms with Crippen molar-refractivity contribution in [1.82, 2.24) is 5.16 Å². The van der Waals surface area contributed by atoms with E-state index < -0.39 is 0 Å². The van der Waals surface area contributed by atoms with Crippen molar-refractivity contribution in [3.8, 4) is 28.1 Å². The van der Waals surface area contributed by atoms with Gasteiger partial charge in [-0.3, -0.25) is 0 Å². The molecule has 0 spiro atoms. The Kier molecular flexibility index (Phi) is 3.66. The lowest BCUT2D eigenvalue weighted by Gasteiger charge is -2.08. The topological polar surface area (TPSA) is 61.3 Å². The number of rotatable bonds is 3. The van der Waals surface area contributed by atoms with Crippen LogP contribution < -0.4 is 10.5 Å². The first-order chi connectivity index (χ1) is 10.2. The third-order valence-electron chi connectivity index (χ3n) is 3.21. The number of hydrogen-bond acceptors (Lipinski definition) is 4. The summed E-state index contributed by atoms with van der Waals surface area (Å²) in [6.45, 7) is 0. The fourth-order valence-corrected chi connectivity index (χ4v) is 2.48. The molecule has 0 unspecified atom stereocenters. The second-order valence-electron chi connectivity index (χ2n) is 4.48. The van der Waals surface area contributed by atoms with Crippen LogP contribution in [0.15, 0.2) is 57.5 Å². The second-order valence-corrected chi connectivity index (χ2v) is 5.39. The Labute approximate surface area is 130 Å². The Balaban J connectivity index is 2.20. The van der Waals surface area contributed by atoms with E-state index >= 15 is 0 Å². The van der Waals surface area contributed by atoms with Gasteiger partial charge in [0.25, 0.3) is 0 Å². The number of ether oxygens (including phenoxy) is 1. The van der Waals surface area contributed by atoms with Crippen LogP contribution in [0, 0.1) is 0 Å². The van der Waals surface area contributed by atoms with Crippen molar-refractivity contribution in [1.29, 1.82) is 0 Å². The molecule has 2 N–H and O–H groups in total. The van der Waals surface area contributed by atoms with Crippen molar-refractivity contribution in [3.63, 3.8) is 0 Å². The Morgan fingerprint density at radius 2 is 1.81 bits per heavy atom. The van der Waals surface area contributed by atoms with Crippen LogP contribution in [0.2, 0.25) is 0 Å². The van der Waals surface area contributed by atoms with Gasteiger partial charge in [0.05, 0.1) is 12.7 Å². The van der Waals surface area contributed by atoms with E-state index in [4.69, 9.17) is 15.0 Å². The highest BCUT2D eigenvalue weighted by Crippen LogP contribution is 2.40. The van der Waals surface area contributed by atoms with Gasteiger partial charge in [-0.2, -0.15) is 0 Å². The number of nitrogens with zero attached hydrogens (tertiary/aromatic N) is 1. The van der Waals surface area contributed by atoms with Gasteiger partial charge >= 0.3 is 0 Å². The van der Waals surface area contributed by atoms with Gasteiger partial charge in [-0.1, -0.05) is 51.4 Å². The van der Waals surface area contributed by atoms with Crippen molar-refractivity contribution in [3.05, 3.63) is 53.0 Å². The Morgan fingerprint density at radius 3 is 2.52 bits per heavy atom. The molecule has 4 nitrogen and oxygen atoms in total. The molecule has 0 aliphatic heterocycles.